The lowest BCUT2D eigenvalue weighted by Crippen LogP contribution is -2.49. The van der Waals surface area contributed by atoms with Gasteiger partial charge in [0.1, 0.15) is 0 Å². The molecule has 0 aromatic carbocycles. The molecule has 1 aromatic rings. The van der Waals surface area contributed by atoms with Crippen LogP contribution in [0.25, 0.3) is 0 Å². The fraction of sp³-hybridized carbons (Fsp3) is 0.846. The van der Waals surface area contributed by atoms with Crippen LogP contribution in [-0.2, 0) is 12.0 Å². The van der Waals surface area contributed by atoms with E-state index in [2.05, 4.69) is 24.0 Å². The average Bonchev–Trinajstić information content (AvgIpc) is 2.78. The summed E-state index contributed by atoms with van der Waals surface area (Å²) >= 11 is 0. The predicted molar refractivity (Wildman–Crippen MR) is 66.3 cm³/mol. The summed E-state index contributed by atoms with van der Waals surface area (Å²) in [6, 6.07) is 0. The molecule has 2 atom stereocenters. The highest BCUT2D eigenvalue weighted by atomic mass is 16.5. The van der Waals surface area contributed by atoms with Gasteiger partial charge in [-0.25, -0.2) is 0 Å². The summed E-state index contributed by atoms with van der Waals surface area (Å²) in [6.07, 6.45) is 5.34. The third kappa shape index (κ3) is 2.23. The molecule has 4 nitrogen and oxygen atoms in total. The molecule has 0 radical (unpaired) electrons. The number of rotatable bonds is 3. The highest BCUT2D eigenvalue weighted by Crippen LogP contribution is 2.42. The van der Waals surface area contributed by atoms with Crippen molar-refractivity contribution in [2.75, 3.05) is 0 Å². The number of aromatic nitrogens is 2. The molecule has 0 aliphatic heterocycles. The van der Waals surface area contributed by atoms with Gasteiger partial charge in [-0.1, -0.05) is 38.8 Å². The van der Waals surface area contributed by atoms with Crippen LogP contribution >= 0.6 is 0 Å². The van der Waals surface area contributed by atoms with E-state index < -0.39 is 0 Å². The molecule has 2 rings (SSSR count). The van der Waals surface area contributed by atoms with Crippen molar-refractivity contribution in [1.82, 2.24) is 10.1 Å². The van der Waals surface area contributed by atoms with Crippen molar-refractivity contribution >= 4 is 0 Å². The zero-order valence-corrected chi connectivity index (χ0v) is 11.1. The Morgan fingerprint density at radius 3 is 2.82 bits per heavy atom. The summed E-state index contributed by atoms with van der Waals surface area (Å²) in [5.41, 5.74) is 6.22. The van der Waals surface area contributed by atoms with Gasteiger partial charge in [-0.15, -0.1) is 0 Å². The first-order chi connectivity index (χ1) is 8.08. The molecule has 0 amide bonds. The Morgan fingerprint density at radius 2 is 2.24 bits per heavy atom. The van der Waals surface area contributed by atoms with E-state index in [1.807, 2.05) is 6.92 Å². The van der Waals surface area contributed by atoms with Crippen LogP contribution in [0.2, 0.25) is 0 Å². The topological polar surface area (TPSA) is 64.9 Å². The molecule has 17 heavy (non-hydrogen) atoms. The highest BCUT2D eigenvalue weighted by Gasteiger charge is 2.43. The van der Waals surface area contributed by atoms with Gasteiger partial charge < -0.3 is 10.3 Å². The minimum atomic E-state index is -0.386. The Morgan fingerprint density at radius 1 is 1.47 bits per heavy atom. The Hall–Kier alpha value is -0.900. The summed E-state index contributed by atoms with van der Waals surface area (Å²) in [5.74, 6) is 2.42. The smallest absolute Gasteiger partial charge is 0.226 e. The third-order valence-electron chi connectivity index (χ3n) is 4.01. The second-order valence-electron chi connectivity index (χ2n) is 5.50. The summed E-state index contributed by atoms with van der Waals surface area (Å²) < 4.78 is 5.22. The molecule has 0 spiro atoms. The second-order valence-corrected chi connectivity index (χ2v) is 5.50. The molecule has 0 saturated heterocycles. The number of hydrogen-bond donors (Lipinski definition) is 1. The molecule has 2 N–H and O–H groups in total. The predicted octanol–water partition coefficient (Wildman–Crippen LogP) is 2.63. The first-order valence-corrected chi connectivity index (χ1v) is 6.70. The van der Waals surface area contributed by atoms with Gasteiger partial charge in [-0.2, -0.15) is 4.98 Å². The standard InChI is InChI=1S/C13H23N3O/c1-4-11-15-12(16-17-11)13(14)8-6-5-7-10(13)9(2)3/h9-10H,4-8,14H2,1-3H3. The van der Waals surface area contributed by atoms with Gasteiger partial charge in [-0.05, 0) is 24.7 Å². The fourth-order valence-corrected chi connectivity index (χ4v) is 3.02. The Labute approximate surface area is 103 Å². The Kier molecular flexibility index (Phi) is 3.52. The van der Waals surface area contributed by atoms with E-state index in [1.54, 1.807) is 0 Å². The minimum absolute atomic E-state index is 0.386. The lowest BCUT2D eigenvalue weighted by Gasteiger charge is -2.41. The second kappa shape index (κ2) is 4.77. The first kappa shape index (κ1) is 12.6. The van der Waals surface area contributed by atoms with Crippen molar-refractivity contribution in [2.45, 2.75) is 58.4 Å². The maximum atomic E-state index is 6.61. The molecular formula is C13H23N3O. The minimum Gasteiger partial charge on any atom is -0.339 e. The van der Waals surface area contributed by atoms with E-state index in [9.17, 15) is 0 Å². The quantitative estimate of drug-likeness (QED) is 0.877. The van der Waals surface area contributed by atoms with E-state index in [4.69, 9.17) is 10.3 Å². The molecule has 1 saturated carbocycles. The molecule has 96 valence electrons. The van der Waals surface area contributed by atoms with Gasteiger partial charge in [-0.3, -0.25) is 0 Å². The van der Waals surface area contributed by atoms with Gasteiger partial charge >= 0.3 is 0 Å². The van der Waals surface area contributed by atoms with E-state index in [0.717, 1.165) is 19.3 Å². The number of aryl methyl sites for hydroxylation is 1. The van der Waals surface area contributed by atoms with Crippen molar-refractivity contribution < 1.29 is 4.52 Å². The monoisotopic (exact) mass is 237 g/mol. The molecule has 1 aromatic heterocycles. The van der Waals surface area contributed by atoms with Crippen molar-refractivity contribution in [3.8, 4) is 0 Å². The largest absolute Gasteiger partial charge is 0.339 e. The maximum absolute atomic E-state index is 6.61. The molecule has 1 aliphatic rings. The van der Waals surface area contributed by atoms with Gasteiger partial charge in [0.25, 0.3) is 0 Å². The van der Waals surface area contributed by atoms with E-state index >= 15 is 0 Å². The van der Waals surface area contributed by atoms with Crippen LogP contribution in [0.15, 0.2) is 4.52 Å². The molecular weight excluding hydrogens is 214 g/mol. The number of nitrogens with two attached hydrogens (primary N) is 1. The highest BCUT2D eigenvalue weighted by molar-refractivity contribution is 5.09. The van der Waals surface area contributed by atoms with Gasteiger partial charge in [0.05, 0.1) is 5.54 Å². The van der Waals surface area contributed by atoms with Crippen LogP contribution in [0.4, 0.5) is 0 Å². The van der Waals surface area contributed by atoms with Crippen LogP contribution in [0.5, 0.6) is 0 Å². The molecule has 2 unspecified atom stereocenters. The van der Waals surface area contributed by atoms with Gasteiger partial charge in [0.15, 0.2) is 5.82 Å². The van der Waals surface area contributed by atoms with Crippen molar-refractivity contribution in [2.24, 2.45) is 17.6 Å². The van der Waals surface area contributed by atoms with Crippen LogP contribution in [-0.4, -0.2) is 10.1 Å². The lowest BCUT2D eigenvalue weighted by atomic mass is 9.68. The summed E-state index contributed by atoms with van der Waals surface area (Å²) in [7, 11) is 0. The van der Waals surface area contributed by atoms with Gasteiger partial charge in [0, 0.05) is 6.42 Å². The Bertz CT molecular complexity index is 374. The molecule has 1 heterocycles. The molecule has 1 fully saturated rings. The molecule has 4 heteroatoms. The van der Waals surface area contributed by atoms with Crippen LogP contribution in [0.1, 0.15) is 58.2 Å². The van der Waals surface area contributed by atoms with E-state index in [-0.39, 0.29) is 5.54 Å². The zero-order valence-electron chi connectivity index (χ0n) is 11.1. The fourth-order valence-electron chi connectivity index (χ4n) is 3.02. The van der Waals surface area contributed by atoms with E-state index in [1.165, 1.54) is 12.8 Å². The summed E-state index contributed by atoms with van der Waals surface area (Å²) in [5, 5.41) is 4.10. The SMILES string of the molecule is CCc1nc(C2(N)CCCCC2C(C)C)no1. The number of hydrogen-bond acceptors (Lipinski definition) is 4. The average molecular weight is 237 g/mol. The van der Waals surface area contributed by atoms with E-state index in [0.29, 0.717) is 23.6 Å². The maximum Gasteiger partial charge on any atom is 0.226 e. The first-order valence-electron chi connectivity index (χ1n) is 6.70. The Balaban J connectivity index is 2.30. The van der Waals surface area contributed by atoms with Gasteiger partial charge in [0.2, 0.25) is 5.89 Å². The summed E-state index contributed by atoms with van der Waals surface area (Å²) in [4.78, 5) is 4.45. The van der Waals surface area contributed by atoms with Crippen molar-refractivity contribution in [3.63, 3.8) is 0 Å². The lowest BCUT2D eigenvalue weighted by molar-refractivity contribution is 0.129. The van der Waals surface area contributed by atoms with Crippen molar-refractivity contribution in [1.29, 1.82) is 0 Å². The van der Waals surface area contributed by atoms with Crippen LogP contribution in [0, 0.1) is 11.8 Å². The summed E-state index contributed by atoms with van der Waals surface area (Å²) in [6.45, 7) is 6.48. The van der Waals surface area contributed by atoms with Crippen molar-refractivity contribution in [3.05, 3.63) is 11.7 Å². The molecule has 0 bridgehead atoms. The zero-order chi connectivity index (χ0) is 12.5. The van der Waals surface area contributed by atoms with Crippen LogP contribution < -0.4 is 5.73 Å². The number of nitrogens with zero attached hydrogens (tertiary/aromatic N) is 2. The normalized spacial score (nSPS) is 29.8. The molecule has 1 aliphatic carbocycles. The third-order valence-corrected chi connectivity index (χ3v) is 4.01. The van der Waals surface area contributed by atoms with Crippen LogP contribution in [0.3, 0.4) is 0 Å².